The Kier molecular flexibility index (Phi) is 8.65. The van der Waals surface area contributed by atoms with E-state index in [2.05, 4.69) is 20.7 Å². The van der Waals surface area contributed by atoms with Crippen molar-refractivity contribution in [3.63, 3.8) is 0 Å². The number of hydrogen-bond donors (Lipinski definition) is 1. The lowest BCUT2D eigenvalue weighted by Gasteiger charge is -2.35. The maximum atomic E-state index is 12.7. The van der Waals surface area contributed by atoms with Crippen molar-refractivity contribution >= 4 is 49.4 Å². The fourth-order valence-electron chi connectivity index (χ4n) is 2.66. The molecule has 0 aliphatic heterocycles. The van der Waals surface area contributed by atoms with Crippen molar-refractivity contribution in [1.82, 2.24) is 9.62 Å². The van der Waals surface area contributed by atoms with Crippen LogP contribution in [0.5, 0.6) is 0 Å². The van der Waals surface area contributed by atoms with E-state index in [0.29, 0.717) is 11.0 Å². The van der Waals surface area contributed by atoms with Crippen LogP contribution in [0.15, 0.2) is 57.9 Å². The second-order valence-electron chi connectivity index (χ2n) is 7.70. The molecule has 0 aliphatic carbocycles. The molecule has 0 aromatic heterocycles. The zero-order valence-corrected chi connectivity index (χ0v) is 20.6. The largest absolute Gasteiger partial charge is 0.455 e. The van der Waals surface area contributed by atoms with Crippen molar-refractivity contribution < 1.29 is 22.7 Å². The molecule has 0 spiro atoms. The third-order valence-corrected chi connectivity index (χ3v) is 6.62. The summed E-state index contributed by atoms with van der Waals surface area (Å²) in [5.74, 6) is -1.26. The summed E-state index contributed by atoms with van der Waals surface area (Å²) in [7, 11) is -4.02. The monoisotopic (exact) mass is 530 g/mol. The lowest BCUT2D eigenvalue weighted by Crippen LogP contribution is -2.47. The SMILES string of the molecule is CC(C)(C)N(Cc1ccccc1)C(=O)COC(=O)CNS(=O)(=O)c1ccc(Br)cc1Cl. The Labute approximate surface area is 195 Å². The molecule has 0 heterocycles. The van der Waals surface area contributed by atoms with Crippen molar-refractivity contribution in [2.24, 2.45) is 0 Å². The van der Waals surface area contributed by atoms with E-state index >= 15 is 0 Å². The third kappa shape index (κ3) is 7.60. The van der Waals surface area contributed by atoms with Crippen molar-refractivity contribution in [2.45, 2.75) is 37.8 Å². The number of hydrogen-bond acceptors (Lipinski definition) is 5. The van der Waals surface area contributed by atoms with Gasteiger partial charge in [-0.05, 0) is 44.5 Å². The molecule has 2 rings (SSSR count). The van der Waals surface area contributed by atoms with Crippen molar-refractivity contribution in [3.05, 3.63) is 63.6 Å². The van der Waals surface area contributed by atoms with Crippen molar-refractivity contribution in [2.75, 3.05) is 13.2 Å². The molecule has 31 heavy (non-hydrogen) atoms. The van der Waals surface area contributed by atoms with Gasteiger partial charge in [0.1, 0.15) is 11.4 Å². The van der Waals surface area contributed by atoms with Crippen LogP contribution in [-0.2, 0) is 30.9 Å². The highest BCUT2D eigenvalue weighted by molar-refractivity contribution is 9.10. The number of carbonyl (C=O) groups is 2. The molecular formula is C21H24BrClN2O5S. The zero-order chi connectivity index (χ0) is 23.2. The molecule has 0 atom stereocenters. The molecule has 0 saturated carbocycles. The van der Waals surface area contributed by atoms with Gasteiger partial charge in [-0.2, -0.15) is 4.72 Å². The van der Waals surface area contributed by atoms with Gasteiger partial charge in [0, 0.05) is 16.6 Å². The highest BCUT2D eigenvalue weighted by Gasteiger charge is 2.27. The number of benzene rings is 2. The van der Waals surface area contributed by atoms with Gasteiger partial charge in [-0.15, -0.1) is 0 Å². The number of nitrogens with zero attached hydrogens (tertiary/aromatic N) is 1. The molecule has 10 heteroatoms. The lowest BCUT2D eigenvalue weighted by atomic mass is 10.0. The first-order valence-electron chi connectivity index (χ1n) is 9.35. The third-order valence-electron chi connectivity index (χ3n) is 4.24. The second-order valence-corrected chi connectivity index (χ2v) is 10.8. The van der Waals surface area contributed by atoms with E-state index < -0.39 is 34.7 Å². The van der Waals surface area contributed by atoms with Crippen molar-refractivity contribution in [1.29, 1.82) is 0 Å². The van der Waals surface area contributed by atoms with Gasteiger partial charge in [0.15, 0.2) is 6.61 Å². The van der Waals surface area contributed by atoms with Gasteiger partial charge in [0.2, 0.25) is 10.0 Å². The van der Waals surface area contributed by atoms with Crippen LogP contribution in [-0.4, -0.2) is 43.9 Å². The average molecular weight is 532 g/mol. The van der Waals surface area contributed by atoms with E-state index in [0.717, 1.165) is 5.56 Å². The Morgan fingerprint density at radius 3 is 2.35 bits per heavy atom. The summed E-state index contributed by atoms with van der Waals surface area (Å²) >= 11 is 9.16. The standard InChI is InChI=1S/C21H24BrClN2O5S/c1-21(2,3)25(13-15-7-5-4-6-8-15)19(26)14-30-20(27)12-24-31(28,29)18-10-9-16(22)11-17(18)23/h4-11,24H,12-14H2,1-3H3. The molecule has 2 aromatic carbocycles. The van der Waals surface area contributed by atoms with E-state index in [1.165, 1.54) is 18.2 Å². The number of ether oxygens (including phenoxy) is 1. The van der Waals surface area contributed by atoms with Gasteiger partial charge >= 0.3 is 5.97 Å². The average Bonchev–Trinajstić information content (AvgIpc) is 2.68. The normalized spacial score (nSPS) is 11.8. The maximum absolute atomic E-state index is 12.7. The fraction of sp³-hybridized carbons (Fsp3) is 0.333. The van der Waals surface area contributed by atoms with Crippen LogP contribution in [0.2, 0.25) is 5.02 Å². The fourth-order valence-corrected chi connectivity index (χ4v) is 4.67. The first-order chi connectivity index (χ1) is 14.4. The number of nitrogens with one attached hydrogen (secondary N) is 1. The quantitative estimate of drug-likeness (QED) is 0.524. The highest BCUT2D eigenvalue weighted by atomic mass is 79.9. The second kappa shape index (κ2) is 10.6. The van der Waals surface area contributed by atoms with E-state index in [1.54, 1.807) is 4.90 Å². The molecule has 0 unspecified atom stereocenters. The molecule has 0 bridgehead atoms. The minimum atomic E-state index is -4.02. The number of esters is 1. The van der Waals surface area contributed by atoms with Gasteiger partial charge in [0.05, 0.1) is 5.02 Å². The molecule has 0 saturated heterocycles. The molecule has 1 N–H and O–H groups in total. The minimum Gasteiger partial charge on any atom is -0.455 e. The highest BCUT2D eigenvalue weighted by Crippen LogP contribution is 2.25. The van der Waals surface area contributed by atoms with E-state index in [-0.39, 0.29) is 15.8 Å². The molecule has 168 valence electrons. The Hall–Kier alpha value is -1.94. The zero-order valence-electron chi connectivity index (χ0n) is 17.4. The van der Waals surface area contributed by atoms with Gasteiger partial charge in [-0.1, -0.05) is 57.9 Å². The summed E-state index contributed by atoms with van der Waals surface area (Å²) in [6, 6.07) is 13.7. The van der Waals surface area contributed by atoms with Crippen LogP contribution in [0.1, 0.15) is 26.3 Å². The summed E-state index contributed by atoms with van der Waals surface area (Å²) in [6.07, 6.45) is 0. The van der Waals surface area contributed by atoms with Crippen LogP contribution in [0.25, 0.3) is 0 Å². The van der Waals surface area contributed by atoms with Crippen LogP contribution in [0.4, 0.5) is 0 Å². The van der Waals surface area contributed by atoms with Crippen molar-refractivity contribution in [3.8, 4) is 0 Å². The minimum absolute atomic E-state index is 0.00662. The smallest absolute Gasteiger partial charge is 0.321 e. The molecule has 0 fully saturated rings. The molecule has 2 aromatic rings. The molecule has 1 amide bonds. The van der Waals surface area contributed by atoms with Gasteiger partial charge < -0.3 is 9.64 Å². The number of halogens is 2. The summed E-state index contributed by atoms with van der Waals surface area (Å²) in [4.78, 5) is 26.2. The van der Waals surface area contributed by atoms with E-state index in [4.69, 9.17) is 16.3 Å². The summed E-state index contributed by atoms with van der Waals surface area (Å²) in [5, 5.41) is 0.00662. The molecule has 0 aliphatic rings. The van der Waals surface area contributed by atoms with Gasteiger partial charge in [-0.25, -0.2) is 8.42 Å². The van der Waals surface area contributed by atoms with Crippen LogP contribution < -0.4 is 4.72 Å². The topological polar surface area (TPSA) is 92.8 Å². The molecule has 7 nitrogen and oxygen atoms in total. The number of rotatable bonds is 8. The van der Waals surface area contributed by atoms with E-state index in [1.807, 2.05) is 51.1 Å². The Morgan fingerprint density at radius 1 is 1.13 bits per heavy atom. The summed E-state index contributed by atoms with van der Waals surface area (Å²) in [6.45, 7) is 4.87. The molecular weight excluding hydrogens is 508 g/mol. The Bertz CT molecular complexity index is 1040. The number of sulfonamides is 1. The lowest BCUT2D eigenvalue weighted by molar-refractivity contribution is -0.153. The van der Waals surface area contributed by atoms with Gasteiger partial charge in [0.25, 0.3) is 5.91 Å². The van der Waals surface area contributed by atoms with Gasteiger partial charge in [-0.3, -0.25) is 9.59 Å². The maximum Gasteiger partial charge on any atom is 0.321 e. The van der Waals surface area contributed by atoms with Crippen LogP contribution in [0, 0.1) is 0 Å². The predicted molar refractivity (Wildman–Crippen MR) is 122 cm³/mol. The Morgan fingerprint density at radius 2 is 1.77 bits per heavy atom. The summed E-state index contributed by atoms with van der Waals surface area (Å²) < 4.78 is 32.5. The van der Waals surface area contributed by atoms with E-state index in [9.17, 15) is 18.0 Å². The number of amides is 1. The molecule has 0 radical (unpaired) electrons. The van der Waals surface area contributed by atoms with Crippen LogP contribution in [0.3, 0.4) is 0 Å². The first-order valence-corrected chi connectivity index (χ1v) is 12.0. The number of carbonyl (C=O) groups excluding carboxylic acids is 2. The van der Waals surface area contributed by atoms with Crippen LogP contribution >= 0.6 is 27.5 Å². The predicted octanol–water partition coefficient (Wildman–Crippen LogP) is 3.75. The Balaban J connectivity index is 1.95. The summed E-state index contributed by atoms with van der Waals surface area (Å²) in [5.41, 5.74) is 0.440. The first kappa shape index (κ1) is 25.3.